The normalized spacial score (nSPS) is 11.8. The van der Waals surface area contributed by atoms with Crippen molar-refractivity contribution in [1.29, 1.82) is 0 Å². The number of halogens is 3. The molecule has 1 N–H and O–H groups in total. The molecule has 1 atom stereocenters. The van der Waals surface area contributed by atoms with Crippen molar-refractivity contribution < 1.29 is 9.59 Å². The van der Waals surface area contributed by atoms with Crippen LogP contribution in [0.2, 0.25) is 15.1 Å². The van der Waals surface area contributed by atoms with E-state index in [2.05, 4.69) is 5.32 Å². The highest BCUT2D eigenvalue weighted by Gasteiger charge is 2.29. The first-order chi connectivity index (χ1) is 15.4. The van der Waals surface area contributed by atoms with Crippen LogP contribution < -0.4 is 5.32 Å². The second-order valence-corrected chi connectivity index (χ2v) is 9.76. The Hall–Kier alpha value is -1.40. The van der Waals surface area contributed by atoms with Crippen LogP contribution in [-0.4, -0.2) is 35.1 Å². The Kier molecular flexibility index (Phi) is 11.7. The number of carbonyl (C=O) groups excluding carboxylic acids is 2. The average molecular weight is 516 g/mol. The highest BCUT2D eigenvalue weighted by atomic mass is 35.5. The van der Waals surface area contributed by atoms with E-state index in [9.17, 15) is 9.59 Å². The summed E-state index contributed by atoms with van der Waals surface area (Å²) in [6.45, 7) is 4.66. The Morgan fingerprint density at radius 1 is 1.03 bits per heavy atom. The van der Waals surface area contributed by atoms with Crippen LogP contribution in [0.1, 0.15) is 45.1 Å². The number of rotatable bonds is 12. The second-order valence-electron chi connectivity index (χ2n) is 7.34. The third-order valence-electron chi connectivity index (χ3n) is 4.94. The molecule has 0 heterocycles. The van der Waals surface area contributed by atoms with Crippen LogP contribution in [0.3, 0.4) is 0 Å². The zero-order chi connectivity index (χ0) is 23.5. The average Bonchev–Trinajstić information content (AvgIpc) is 2.78. The fourth-order valence-electron chi connectivity index (χ4n) is 3.23. The number of amides is 2. The molecule has 0 radical (unpaired) electrons. The summed E-state index contributed by atoms with van der Waals surface area (Å²) in [5, 5.41) is 4.58. The van der Waals surface area contributed by atoms with Gasteiger partial charge in [0.25, 0.3) is 0 Å². The van der Waals surface area contributed by atoms with Crippen LogP contribution in [0.15, 0.2) is 47.4 Å². The smallest absolute Gasteiger partial charge is 0.242 e. The standard InChI is InChI=1S/C24H29Cl3N2O2S/c1-3-14-28-24(31)22(4-2)29(16-19-20(26)7-5-8-21(19)27)23(30)9-6-15-32-18-12-10-17(25)11-13-18/h5,7-8,10-13,22H,3-4,6,9,14-16H2,1-2H3,(H,28,31). The van der Waals surface area contributed by atoms with Gasteiger partial charge in [0.05, 0.1) is 0 Å². The fourth-order valence-corrected chi connectivity index (χ4v) is 4.72. The van der Waals surface area contributed by atoms with Gasteiger partial charge in [-0.15, -0.1) is 11.8 Å². The van der Waals surface area contributed by atoms with E-state index in [-0.39, 0.29) is 18.4 Å². The molecule has 0 aliphatic rings. The number of thioether (sulfide) groups is 1. The molecule has 0 saturated carbocycles. The lowest BCUT2D eigenvalue weighted by molar-refractivity contribution is -0.141. The molecule has 2 aromatic carbocycles. The topological polar surface area (TPSA) is 49.4 Å². The summed E-state index contributed by atoms with van der Waals surface area (Å²) in [5.41, 5.74) is 0.654. The summed E-state index contributed by atoms with van der Waals surface area (Å²) in [6.07, 6.45) is 2.35. The summed E-state index contributed by atoms with van der Waals surface area (Å²) in [4.78, 5) is 28.8. The molecule has 0 fully saturated rings. The van der Waals surface area contributed by atoms with Crippen LogP contribution in [0.4, 0.5) is 0 Å². The lowest BCUT2D eigenvalue weighted by atomic mass is 10.1. The van der Waals surface area contributed by atoms with Crippen molar-refractivity contribution in [3.05, 3.63) is 63.1 Å². The molecule has 174 valence electrons. The third kappa shape index (κ3) is 8.18. The number of benzene rings is 2. The molecule has 0 aromatic heterocycles. The number of nitrogens with zero attached hydrogens (tertiary/aromatic N) is 1. The maximum atomic E-state index is 13.2. The van der Waals surface area contributed by atoms with Crippen molar-refractivity contribution >= 4 is 58.4 Å². The van der Waals surface area contributed by atoms with E-state index in [0.29, 0.717) is 46.4 Å². The number of hydrogen-bond donors (Lipinski definition) is 1. The van der Waals surface area contributed by atoms with E-state index in [1.165, 1.54) is 0 Å². The SMILES string of the molecule is CCCNC(=O)C(CC)N(Cc1c(Cl)cccc1Cl)C(=O)CCCSc1ccc(Cl)cc1. The van der Waals surface area contributed by atoms with Crippen molar-refractivity contribution in [2.45, 2.75) is 57.0 Å². The molecule has 0 aliphatic carbocycles. The van der Waals surface area contributed by atoms with Crippen LogP contribution in [0, 0.1) is 0 Å². The van der Waals surface area contributed by atoms with Crippen LogP contribution in [0.5, 0.6) is 0 Å². The Bertz CT molecular complexity index is 873. The molecule has 0 spiro atoms. The number of nitrogens with one attached hydrogen (secondary N) is 1. The minimum Gasteiger partial charge on any atom is -0.354 e. The number of carbonyl (C=O) groups is 2. The van der Waals surface area contributed by atoms with Crippen molar-refractivity contribution in [1.82, 2.24) is 10.2 Å². The molecular weight excluding hydrogens is 487 g/mol. The molecule has 2 rings (SSSR count). The van der Waals surface area contributed by atoms with Gasteiger partial charge in [-0.1, -0.05) is 54.7 Å². The first kappa shape index (κ1) is 26.8. The van der Waals surface area contributed by atoms with Crippen LogP contribution >= 0.6 is 46.6 Å². The Morgan fingerprint density at radius 2 is 1.69 bits per heavy atom. The molecule has 0 aliphatic heterocycles. The Labute approximate surface area is 210 Å². The predicted molar refractivity (Wildman–Crippen MR) is 136 cm³/mol. The van der Waals surface area contributed by atoms with E-state index >= 15 is 0 Å². The van der Waals surface area contributed by atoms with Gasteiger partial charge in [-0.25, -0.2) is 0 Å². The van der Waals surface area contributed by atoms with E-state index in [1.807, 2.05) is 38.1 Å². The van der Waals surface area contributed by atoms with E-state index in [0.717, 1.165) is 17.1 Å². The van der Waals surface area contributed by atoms with Crippen molar-refractivity contribution in [3.8, 4) is 0 Å². The first-order valence-electron chi connectivity index (χ1n) is 10.8. The molecule has 8 heteroatoms. The van der Waals surface area contributed by atoms with Gasteiger partial charge in [0, 0.05) is 45.0 Å². The van der Waals surface area contributed by atoms with Crippen LogP contribution in [0.25, 0.3) is 0 Å². The third-order valence-corrected chi connectivity index (χ3v) is 7.00. The van der Waals surface area contributed by atoms with Gasteiger partial charge in [-0.05, 0) is 61.4 Å². The monoisotopic (exact) mass is 514 g/mol. The Morgan fingerprint density at radius 3 is 2.28 bits per heavy atom. The molecule has 2 amide bonds. The van der Waals surface area contributed by atoms with Gasteiger partial charge in [-0.2, -0.15) is 0 Å². The summed E-state index contributed by atoms with van der Waals surface area (Å²) in [6, 6.07) is 12.3. The van der Waals surface area contributed by atoms with E-state index in [4.69, 9.17) is 34.8 Å². The van der Waals surface area contributed by atoms with Crippen LogP contribution in [-0.2, 0) is 16.1 Å². The van der Waals surface area contributed by atoms with Crippen molar-refractivity contribution in [2.24, 2.45) is 0 Å². The summed E-state index contributed by atoms with van der Waals surface area (Å²) in [5.74, 6) is 0.546. The van der Waals surface area contributed by atoms with E-state index < -0.39 is 6.04 Å². The van der Waals surface area contributed by atoms with Gasteiger partial charge in [0.15, 0.2) is 0 Å². The largest absolute Gasteiger partial charge is 0.354 e. The molecule has 4 nitrogen and oxygen atoms in total. The molecule has 1 unspecified atom stereocenters. The Balaban J connectivity index is 2.10. The maximum Gasteiger partial charge on any atom is 0.242 e. The van der Waals surface area contributed by atoms with E-state index in [1.54, 1.807) is 34.9 Å². The lowest BCUT2D eigenvalue weighted by Gasteiger charge is -2.31. The maximum absolute atomic E-state index is 13.2. The summed E-state index contributed by atoms with van der Waals surface area (Å²) in [7, 11) is 0. The highest BCUT2D eigenvalue weighted by molar-refractivity contribution is 7.99. The van der Waals surface area contributed by atoms with Gasteiger partial charge in [0.2, 0.25) is 11.8 Å². The lowest BCUT2D eigenvalue weighted by Crippen LogP contribution is -2.49. The summed E-state index contributed by atoms with van der Waals surface area (Å²) < 4.78 is 0. The molecule has 0 saturated heterocycles. The van der Waals surface area contributed by atoms with Crippen molar-refractivity contribution in [3.63, 3.8) is 0 Å². The minimum absolute atomic E-state index is 0.0869. The highest BCUT2D eigenvalue weighted by Crippen LogP contribution is 2.28. The van der Waals surface area contributed by atoms with Gasteiger partial charge >= 0.3 is 0 Å². The van der Waals surface area contributed by atoms with Gasteiger partial charge in [0.1, 0.15) is 6.04 Å². The molecule has 2 aromatic rings. The zero-order valence-corrected chi connectivity index (χ0v) is 21.5. The van der Waals surface area contributed by atoms with Gasteiger partial charge in [-0.3, -0.25) is 9.59 Å². The van der Waals surface area contributed by atoms with Crippen molar-refractivity contribution in [2.75, 3.05) is 12.3 Å². The molecule has 0 bridgehead atoms. The quantitative estimate of drug-likeness (QED) is 0.248. The second kappa shape index (κ2) is 14.0. The number of hydrogen-bond acceptors (Lipinski definition) is 3. The molecular formula is C24H29Cl3N2O2S. The van der Waals surface area contributed by atoms with Gasteiger partial charge < -0.3 is 10.2 Å². The molecule has 32 heavy (non-hydrogen) atoms. The fraction of sp³-hybridized carbons (Fsp3) is 0.417. The minimum atomic E-state index is -0.578. The zero-order valence-electron chi connectivity index (χ0n) is 18.4. The predicted octanol–water partition coefficient (Wildman–Crippen LogP) is 6.85. The first-order valence-corrected chi connectivity index (χ1v) is 12.9. The summed E-state index contributed by atoms with van der Waals surface area (Å²) >= 11 is 20.3.